The summed E-state index contributed by atoms with van der Waals surface area (Å²) < 4.78 is 5.97. The number of benzene rings is 4. The Kier molecular flexibility index (Phi) is 6.51. The van der Waals surface area contributed by atoms with Gasteiger partial charge in [0.15, 0.2) is 0 Å². The fourth-order valence-electron chi connectivity index (χ4n) is 3.93. The lowest BCUT2D eigenvalue weighted by Gasteiger charge is -2.12. The molecule has 4 aromatic carbocycles. The van der Waals surface area contributed by atoms with Crippen LogP contribution in [0.5, 0.6) is 5.75 Å². The number of carbonyl (C=O) groups excluding carboxylic acids is 2. The number of amides is 2. The molecule has 0 bridgehead atoms. The van der Waals surface area contributed by atoms with E-state index in [1.807, 2.05) is 48.5 Å². The molecule has 0 aromatic heterocycles. The summed E-state index contributed by atoms with van der Waals surface area (Å²) in [7, 11) is 0. The highest BCUT2D eigenvalue weighted by Gasteiger charge is 2.35. The van der Waals surface area contributed by atoms with Crippen molar-refractivity contribution in [3.63, 3.8) is 0 Å². The highest BCUT2D eigenvalue weighted by Crippen LogP contribution is 2.33. The minimum atomic E-state index is -0.493. The van der Waals surface area contributed by atoms with Gasteiger partial charge < -0.3 is 4.74 Å². The lowest BCUT2D eigenvalue weighted by atomic mass is 10.1. The zero-order valence-electron chi connectivity index (χ0n) is 19.0. The second-order valence-corrected chi connectivity index (χ2v) is 9.18. The normalized spacial score (nSPS) is 14.6. The maximum Gasteiger partial charge on any atom is 0.293 e. The van der Waals surface area contributed by atoms with Gasteiger partial charge in [0.2, 0.25) is 0 Å². The maximum absolute atomic E-state index is 12.8. The second-order valence-electron chi connectivity index (χ2n) is 8.19. The van der Waals surface area contributed by atoms with E-state index in [9.17, 15) is 19.7 Å². The molecule has 1 fully saturated rings. The smallest absolute Gasteiger partial charge is 0.293 e. The Balaban J connectivity index is 1.24. The molecule has 0 radical (unpaired) electrons. The van der Waals surface area contributed by atoms with Crippen LogP contribution in [-0.2, 0) is 17.9 Å². The van der Waals surface area contributed by atoms with Crippen LogP contribution in [0.15, 0.2) is 95.9 Å². The van der Waals surface area contributed by atoms with E-state index in [0.29, 0.717) is 22.8 Å². The highest BCUT2D eigenvalue weighted by atomic mass is 32.2. The number of ether oxygens (including phenoxy) is 1. The van der Waals surface area contributed by atoms with E-state index >= 15 is 0 Å². The van der Waals surface area contributed by atoms with Gasteiger partial charge in [-0.2, -0.15) is 0 Å². The van der Waals surface area contributed by atoms with E-state index < -0.39 is 4.92 Å². The number of fused-ring (bicyclic) bond motifs is 1. The van der Waals surface area contributed by atoms with Crippen molar-refractivity contribution in [2.45, 2.75) is 13.2 Å². The maximum atomic E-state index is 12.8. The van der Waals surface area contributed by atoms with Crippen molar-refractivity contribution in [2.75, 3.05) is 0 Å². The van der Waals surface area contributed by atoms with Gasteiger partial charge in [0.05, 0.1) is 16.4 Å². The standard InChI is InChI=1S/C28H20N2O5S/c31-27-26(36-28(32)29(27)17-20-8-12-23(13-9-20)30(33)34)16-19-10-14-24(15-11-19)35-18-22-6-3-5-21-4-1-2-7-25(21)22/h1-16H,17-18H2/b26-16+. The van der Waals surface area contributed by atoms with Gasteiger partial charge in [0, 0.05) is 12.1 Å². The first-order valence-corrected chi connectivity index (χ1v) is 12.0. The monoisotopic (exact) mass is 496 g/mol. The van der Waals surface area contributed by atoms with E-state index in [2.05, 4.69) is 18.2 Å². The lowest BCUT2D eigenvalue weighted by molar-refractivity contribution is -0.384. The Labute approximate surface area is 211 Å². The van der Waals surface area contributed by atoms with Gasteiger partial charge in [-0.3, -0.25) is 24.6 Å². The Morgan fingerprint density at radius 2 is 1.61 bits per heavy atom. The summed E-state index contributed by atoms with van der Waals surface area (Å²) in [6.07, 6.45) is 1.68. The molecule has 1 aliphatic heterocycles. The van der Waals surface area contributed by atoms with Gasteiger partial charge in [0.25, 0.3) is 16.8 Å². The van der Waals surface area contributed by atoms with Crippen molar-refractivity contribution in [1.29, 1.82) is 0 Å². The van der Waals surface area contributed by atoms with Crippen molar-refractivity contribution >= 4 is 45.4 Å². The number of thioether (sulfide) groups is 1. The van der Waals surface area contributed by atoms with Gasteiger partial charge >= 0.3 is 0 Å². The summed E-state index contributed by atoms with van der Waals surface area (Å²) in [4.78, 5) is 37.0. The third kappa shape index (κ3) is 4.99. The van der Waals surface area contributed by atoms with Crippen molar-refractivity contribution < 1.29 is 19.2 Å². The molecule has 178 valence electrons. The molecule has 36 heavy (non-hydrogen) atoms. The molecule has 8 heteroatoms. The number of rotatable bonds is 7. The Morgan fingerprint density at radius 1 is 0.889 bits per heavy atom. The van der Waals surface area contributed by atoms with Crippen LogP contribution in [0.1, 0.15) is 16.7 Å². The summed E-state index contributed by atoms with van der Waals surface area (Å²) in [5.41, 5.74) is 2.46. The zero-order chi connectivity index (χ0) is 25.1. The Hall–Kier alpha value is -4.43. The van der Waals surface area contributed by atoms with E-state index in [-0.39, 0.29) is 23.4 Å². The number of imide groups is 1. The van der Waals surface area contributed by atoms with Crippen LogP contribution in [0.3, 0.4) is 0 Å². The summed E-state index contributed by atoms with van der Waals surface area (Å²) >= 11 is 0.876. The molecule has 2 amide bonds. The second kappa shape index (κ2) is 10.1. The predicted molar refractivity (Wildman–Crippen MR) is 139 cm³/mol. The molecule has 0 aliphatic carbocycles. The molecule has 1 aliphatic rings. The molecule has 0 atom stereocenters. The molecule has 0 N–H and O–H groups in total. The first-order valence-electron chi connectivity index (χ1n) is 11.2. The molecule has 0 spiro atoms. The van der Waals surface area contributed by atoms with Crippen LogP contribution in [0.4, 0.5) is 10.5 Å². The van der Waals surface area contributed by atoms with E-state index in [4.69, 9.17) is 4.74 Å². The third-order valence-electron chi connectivity index (χ3n) is 5.81. The van der Waals surface area contributed by atoms with Gasteiger partial charge in [0.1, 0.15) is 12.4 Å². The molecule has 0 unspecified atom stereocenters. The SMILES string of the molecule is O=C1S/C(=C/c2ccc(OCc3cccc4ccccc34)cc2)C(=O)N1Cc1ccc([N+](=O)[O-])cc1. The third-order valence-corrected chi connectivity index (χ3v) is 6.72. The van der Waals surface area contributed by atoms with E-state index in [1.165, 1.54) is 12.1 Å². The molecule has 4 aromatic rings. The number of nitro benzene ring substituents is 1. The van der Waals surface area contributed by atoms with Crippen LogP contribution in [0.2, 0.25) is 0 Å². The number of hydrogen-bond acceptors (Lipinski definition) is 6. The van der Waals surface area contributed by atoms with Crippen LogP contribution < -0.4 is 4.74 Å². The van der Waals surface area contributed by atoms with Crippen LogP contribution in [0.25, 0.3) is 16.8 Å². The van der Waals surface area contributed by atoms with E-state index in [0.717, 1.165) is 38.6 Å². The van der Waals surface area contributed by atoms with Crippen molar-refractivity contribution in [1.82, 2.24) is 4.90 Å². The van der Waals surface area contributed by atoms with Gasteiger partial charge in [-0.1, -0.05) is 66.7 Å². The molecule has 7 nitrogen and oxygen atoms in total. The van der Waals surface area contributed by atoms with Crippen molar-refractivity contribution in [2.24, 2.45) is 0 Å². The molecular weight excluding hydrogens is 476 g/mol. The summed E-state index contributed by atoms with van der Waals surface area (Å²) in [6.45, 7) is 0.489. The Bertz CT molecular complexity index is 1490. The fraction of sp³-hybridized carbons (Fsp3) is 0.0714. The number of carbonyl (C=O) groups is 2. The minimum absolute atomic E-state index is 0.0441. The average Bonchev–Trinajstić information content (AvgIpc) is 3.15. The zero-order valence-corrected chi connectivity index (χ0v) is 19.8. The fourth-order valence-corrected chi connectivity index (χ4v) is 4.77. The van der Waals surface area contributed by atoms with Crippen LogP contribution in [-0.4, -0.2) is 21.0 Å². The highest BCUT2D eigenvalue weighted by molar-refractivity contribution is 8.18. The molecule has 1 saturated heterocycles. The van der Waals surface area contributed by atoms with Crippen molar-refractivity contribution in [3.05, 3.63) is 123 Å². The topological polar surface area (TPSA) is 89.8 Å². The lowest BCUT2D eigenvalue weighted by Crippen LogP contribution is -2.27. The Morgan fingerprint density at radius 3 is 2.36 bits per heavy atom. The average molecular weight is 497 g/mol. The van der Waals surface area contributed by atoms with E-state index in [1.54, 1.807) is 18.2 Å². The summed E-state index contributed by atoms with van der Waals surface area (Å²) in [6, 6.07) is 27.4. The van der Waals surface area contributed by atoms with Gasteiger partial charge in [-0.05, 0) is 57.4 Å². The van der Waals surface area contributed by atoms with Crippen LogP contribution in [0, 0.1) is 10.1 Å². The molecule has 5 rings (SSSR count). The van der Waals surface area contributed by atoms with Crippen LogP contribution >= 0.6 is 11.8 Å². The minimum Gasteiger partial charge on any atom is -0.489 e. The first kappa shape index (κ1) is 23.3. The quantitative estimate of drug-likeness (QED) is 0.163. The number of non-ortho nitro benzene ring substituents is 1. The summed E-state index contributed by atoms with van der Waals surface area (Å²) in [5, 5.41) is 12.8. The molecule has 0 saturated carbocycles. The van der Waals surface area contributed by atoms with Gasteiger partial charge in [-0.15, -0.1) is 0 Å². The summed E-state index contributed by atoms with van der Waals surface area (Å²) in [5.74, 6) is 0.311. The number of nitro groups is 1. The number of nitrogens with zero attached hydrogens (tertiary/aromatic N) is 2. The van der Waals surface area contributed by atoms with Gasteiger partial charge in [-0.25, -0.2) is 0 Å². The molecule has 1 heterocycles. The first-order chi connectivity index (χ1) is 17.5. The predicted octanol–water partition coefficient (Wildman–Crippen LogP) is 6.56. The largest absolute Gasteiger partial charge is 0.489 e. The number of hydrogen-bond donors (Lipinski definition) is 0. The van der Waals surface area contributed by atoms with Crippen molar-refractivity contribution in [3.8, 4) is 5.75 Å². The molecular formula is C28H20N2O5S.